The van der Waals surface area contributed by atoms with Gasteiger partial charge in [0, 0.05) is 18.2 Å². The lowest BCUT2D eigenvalue weighted by atomic mass is 10.2. The Morgan fingerprint density at radius 2 is 1.71 bits per heavy atom. The predicted octanol–water partition coefficient (Wildman–Crippen LogP) is 3.64. The van der Waals surface area contributed by atoms with Gasteiger partial charge in [0.1, 0.15) is 5.75 Å². The first-order chi connectivity index (χ1) is 11.4. The summed E-state index contributed by atoms with van der Waals surface area (Å²) in [4.78, 5) is 22.9. The van der Waals surface area contributed by atoms with E-state index in [1.54, 1.807) is 36.4 Å². The lowest BCUT2D eigenvalue weighted by molar-refractivity contribution is -0.114. The SMILES string of the molecule is CC(=O)Nc1ccc(C(=O)N/N=C\c2cc(Br)c(O)c(Br)c2)cc1. The van der Waals surface area contributed by atoms with Crippen molar-refractivity contribution in [3.63, 3.8) is 0 Å². The van der Waals surface area contributed by atoms with Crippen LogP contribution in [0.4, 0.5) is 5.69 Å². The van der Waals surface area contributed by atoms with E-state index < -0.39 is 0 Å². The molecule has 0 bridgehead atoms. The normalized spacial score (nSPS) is 10.6. The number of hydrazone groups is 1. The van der Waals surface area contributed by atoms with Gasteiger partial charge in [0.05, 0.1) is 15.2 Å². The molecule has 3 N–H and O–H groups in total. The summed E-state index contributed by atoms with van der Waals surface area (Å²) in [6.45, 7) is 1.41. The van der Waals surface area contributed by atoms with E-state index in [-0.39, 0.29) is 17.6 Å². The Morgan fingerprint density at radius 3 is 2.25 bits per heavy atom. The van der Waals surface area contributed by atoms with E-state index in [1.807, 2.05) is 0 Å². The van der Waals surface area contributed by atoms with Crippen LogP contribution in [-0.4, -0.2) is 23.1 Å². The number of nitrogens with zero attached hydrogens (tertiary/aromatic N) is 1. The molecule has 124 valence electrons. The number of phenolic OH excluding ortho intramolecular Hbond substituents is 1. The quantitative estimate of drug-likeness (QED) is 0.486. The molecule has 0 unspecified atom stereocenters. The number of aromatic hydroxyl groups is 1. The molecule has 0 aromatic heterocycles. The number of anilines is 1. The highest BCUT2D eigenvalue weighted by molar-refractivity contribution is 9.11. The highest BCUT2D eigenvalue weighted by Gasteiger charge is 2.06. The van der Waals surface area contributed by atoms with E-state index in [2.05, 4.69) is 47.7 Å². The van der Waals surface area contributed by atoms with Gasteiger partial charge < -0.3 is 10.4 Å². The fourth-order valence-electron chi connectivity index (χ4n) is 1.80. The first kappa shape index (κ1) is 18.2. The molecule has 0 heterocycles. The van der Waals surface area contributed by atoms with E-state index in [4.69, 9.17) is 0 Å². The third kappa shape index (κ3) is 4.90. The number of hydrogen-bond acceptors (Lipinski definition) is 4. The fraction of sp³-hybridized carbons (Fsp3) is 0.0625. The van der Waals surface area contributed by atoms with E-state index in [1.165, 1.54) is 13.1 Å². The van der Waals surface area contributed by atoms with Crippen molar-refractivity contribution >= 4 is 55.6 Å². The van der Waals surface area contributed by atoms with Crippen molar-refractivity contribution in [2.75, 3.05) is 5.32 Å². The van der Waals surface area contributed by atoms with Crippen molar-refractivity contribution in [3.05, 3.63) is 56.5 Å². The lowest BCUT2D eigenvalue weighted by Gasteiger charge is -2.04. The number of hydrogen-bond donors (Lipinski definition) is 3. The zero-order chi connectivity index (χ0) is 17.7. The number of benzene rings is 2. The van der Waals surface area contributed by atoms with Gasteiger partial charge in [-0.05, 0) is 73.8 Å². The summed E-state index contributed by atoms with van der Waals surface area (Å²) in [6, 6.07) is 9.77. The zero-order valence-electron chi connectivity index (χ0n) is 12.5. The summed E-state index contributed by atoms with van der Waals surface area (Å²) in [5.41, 5.74) is 4.12. The monoisotopic (exact) mass is 453 g/mol. The maximum Gasteiger partial charge on any atom is 0.271 e. The molecule has 2 aromatic rings. The minimum Gasteiger partial charge on any atom is -0.506 e. The second-order valence-electron chi connectivity index (χ2n) is 4.79. The molecule has 0 aliphatic heterocycles. The van der Waals surface area contributed by atoms with Crippen LogP contribution in [0.2, 0.25) is 0 Å². The standard InChI is InChI=1S/C16H13Br2N3O3/c1-9(22)20-12-4-2-11(3-5-12)16(24)21-19-8-10-6-13(17)15(23)14(18)7-10/h2-8,23H,1H3,(H,20,22)(H,21,24)/b19-8-. The second kappa shape index (κ2) is 8.07. The van der Waals surface area contributed by atoms with Crippen molar-refractivity contribution in [1.82, 2.24) is 5.43 Å². The van der Waals surface area contributed by atoms with Gasteiger partial charge in [-0.3, -0.25) is 9.59 Å². The highest BCUT2D eigenvalue weighted by Crippen LogP contribution is 2.32. The Labute approximate surface area is 155 Å². The van der Waals surface area contributed by atoms with Crippen molar-refractivity contribution < 1.29 is 14.7 Å². The molecule has 2 rings (SSSR count). The van der Waals surface area contributed by atoms with Crippen molar-refractivity contribution in [2.45, 2.75) is 6.92 Å². The largest absolute Gasteiger partial charge is 0.506 e. The number of carbonyl (C=O) groups excluding carboxylic acids is 2. The summed E-state index contributed by atoms with van der Waals surface area (Å²) in [5.74, 6) is -0.462. The predicted molar refractivity (Wildman–Crippen MR) is 99.3 cm³/mol. The summed E-state index contributed by atoms with van der Waals surface area (Å²) in [7, 11) is 0. The molecule has 0 aliphatic rings. The van der Waals surface area contributed by atoms with Crippen LogP contribution >= 0.6 is 31.9 Å². The van der Waals surface area contributed by atoms with Crippen LogP contribution in [-0.2, 0) is 4.79 Å². The van der Waals surface area contributed by atoms with Crippen molar-refractivity contribution in [3.8, 4) is 5.75 Å². The molecule has 0 saturated carbocycles. The number of amides is 2. The molecule has 2 amide bonds. The minimum atomic E-state index is -0.377. The van der Waals surface area contributed by atoms with Gasteiger partial charge in [-0.25, -0.2) is 5.43 Å². The van der Waals surface area contributed by atoms with Crippen LogP contribution in [0.5, 0.6) is 5.75 Å². The van der Waals surface area contributed by atoms with Crippen molar-refractivity contribution in [2.24, 2.45) is 5.10 Å². The number of rotatable bonds is 4. The molecule has 0 fully saturated rings. The number of carbonyl (C=O) groups is 2. The third-order valence-electron chi connectivity index (χ3n) is 2.89. The topological polar surface area (TPSA) is 90.8 Å². The van der Waals surface area contributed by atoms with E-state index in [9.17, 15) is 14.7 Å². The molecule has 24 heavy (non-hydrogen) atoms. The molecule has 8 heteroatoms. The lowest BCUT2D eigenvalue weighted by Crippen LogP contribution is -2.17. The van der Waals surface area contributed by atoms with Gasteiger partial charge in [0.2, 0.25) is 5.91 Å². The van der Waals surface area contributed by atoms with Crippen LogP contribution in [0, 0.1) is 0 Å². The number of halogens is 2. The van der Waals surface area contributed by atoms with Gasteiger partial charge in [-0.2, -0.15) is 5.10 Å². The fourth-order valence-corrected chi connectivity index (χ4v) is 3.02. The maximum atomic E-state index is 12.0. The second-order valence-corrected chi connectivity index (χ2v) is 6.50. The third-order valence-corrected chi connectivity index (χ3v) is 4.10. The molecule has 0 saturated heterocycles. The van der Waals surface area contributed by atoms with Crippen LogP contribution in [0.3, 0.4) is 0 Å². The molecule has 0 spiro atoms. The molecular formula is C16H13Br2N3O3. The maximum absolute atomic E-state index is 12.0. The molecule has 0 aliphatic carbocycles. The molecular weight excluding hydrogens is 442 g/mol. The van der Waals surface area contributed by atoms with Gasteiger partial charge >= 0.3 is 0 Å². The first-order valence-electron chi connectivity index (χ1n) is 6.76. The van der Waals surface area contributed by atoms with Crippen molar-refractivity contribution in [1.29, 1.82) is 0 Å². The number of nitrogens with one attached hydrogen (secondary N) is 2. The highest BCUT2D eigenvalue weighted by atomic mass is 79.9. The Morgan fingerprint density at radius 1 is 1.12 bits per heavy atom. The molecule has 0 radical (unpaired) electrons. The van der Waals surface area contributed by atoms with Gasteiger partial charge in [-0.15, -0.1) is 0 Å². The summed E-state index contributed by atoms with van der Waals surface area (Å²) >= 11 is 6.44. The Bertz CT molecular complexity index is 782. The molecule has 6 nitrogen and oxygen atoms in total. The van der Waals surface area contributed by atoms with Crippen LogP contribution in [0.25, 0.3) is 0 Å². The van der Waals surface area contributed by atoms with Gasteiger partial charge in [-0.1, -0.05) is 0 Å². The molecule has 2 aromatic carbocycles. The first-order valence-corrected chi connectivity index (χ1v) is 8.34. The van der Waals surface area contributed by atoms with Crippen LogP contribution < -0.4 is 10.7 Å². The van der Waals surface area contributed by atoms with Gasteiger partial charge in [0.25, 0.3) is 5.91 Å². The average molecular weight is 455 g/mol. The summed E-state index contributed by atoms with van der Waals surface area (Å²) in [6.07, 6.45) is 1.46. The van der Waals surface area contributed by atoms with Crippen LogP contribution in [0.1, 0.15) is 22.8 Å². The Kier molecular flexibility index (Phi) is 6.10. The minimum absolute atomic E-state index is 0.0930. The molecule has 0 atom stereocenters. The van der Waals surface area contributed by atoms with E-state index in [0.717, 1.165) is 0 Å². The Balaban J connectivity index is 2.01. The number of phenols is 1. The van der Waals surface area contributed by atoms with E-state index in [0.29, 0.717) is 25.8 Å². The zero-order valence-corrected chi connectivity index (χ0v) is 15.7. The van der Waals surface area contributed by atoms with E-state index >= 15 is 0 Å². The van der Waals surface area contributed by atoms with Gasteiger partial charge in [0.15, 0.2) is 0 Å². The summed E-state index contributed by atoms with van der Waals surface area (Å²) in [5, 5.41) is 16.1. The summed E-state index contributed by atoms with van der Waals surface area (Å²) < 4.78 is 1.02. The van der Waals surface area contributed by atoms with Crippen LogP contribution in [0.15, 0.2) is 50.4 Å². The Hall–Kier alpha value is -2.19. The smallest absolute Gasteiger partial charge is 0.271 e. The average Bonchev–Trinajstić information content (AvgIpc) is 2.52.